The Morgan fingerprint density at radius 1 is 1.19 bits per heavy atom. The normalized spacial score (nSPS) is 16.8. The highest BCUT2D eigenvalue weighted by Crippen LogP contribution is 2.17. The molecule has 1 aliphatic rings. The van der Waals surface area contributed by atoms with Crippen LogP contribution in [0.2, 0.25) is 0 Å². The predicted molar refractivity (Wildman–Crippen MR) is 62.8 cm³/mol. The van der Waals surface area contributed by atoms with Gasteiger partial charge in [-0.2, -0.15) is 0 Å². The van der Waals surface area contributed by atoms with E-state index < -0.39 is 0 Å². The molecule has 0 saturated carbocycles. The maximum Gasteiger partial charge on any atom is 0.274 e. The minimum Gasteiger partial charge on any atom is -0.341 e. The molecule has 0 radical (unpaired) electrons. The van der Waals surface area contributed by atoms with Crippen LogP contribution in [0, 0.1) is 0 Å². The van der Waals surface area contributed by atoms with Crippen LogP contribution in [0.3, 0.4) is 0 Å². The third-order valence-electron chi connectivity index (χ3n) is 2.80. The van der Waals surface area contributed by atoms with Gasteiger partial charge in [-0.15, -0.1) is 10.2 Å². The molecule has 16 heavy (non-hydrogen) atoms. The number of rotatable bonds is 1. The van der Waals surface area contributed by atoms with E-state index in [9.17, 15) is 4.79 Å². The molecule has 0 spiro atoms. The van der Waals surface area contributed by atoms with Gasteiger partial charge in [0.15, 0.2) is 0 Å². The Morgan fingerprint density at radius 3 is 2.31 bits per heavy atom. The molecule has 1 saturated heterocycles. The molecule has 0 aliphatic carbocycles. The van der Waals surface area contributed by atoms with Gasteiger partial charge in [0.1, 0.15) is 5.69 Å². The van der Waals surface area contributed by atoms with Gasteiger partial charge in [-0.25, -0.2) is 0 Å². The van der Waals surface area contributed by atoms with Gasteiger partial charge in [0.25, 0.3) is 5.56 Å². The van der Waals surface area contributed by atoms with E-state index in [2.05, 4.69) is 20.1 Å². The van der Waals surface area contributed by atoms with Crippen LogP contribution in [-0.4, -0.2) is 28.3 Å². The van der Waals surface area contributed by atoms with Gasteiger partial charge in [-0.3, -0.25) is 9.78 Å². The highest BCUT2D eigenvalue weighted by molar-refractivity contribution is 5.29. The van der Waals surface area contributed by atoms with E-state index in [0.29, 0.717) is 11.6 Å². The van der Waals surface area contributed by atoms with E-state index in [1.165, 1.54) is 0 Å². The molecule has 0 aromatic carbocycles. The first-order chi connectivity index (χ1) is 7.48. The van der Waals surface area contributed by atoms with Crippen LogP contribution in [0.5, 0.6) is 0 Å². The molecular weight excluding hydrogens is 204 g/mol. The van der Waals surface area contributed by atoms with E-state index in [4.69, 9.17) is 0 Å². The van der Waals surface area contributed by atoms with Crippen LogP contribution in [0.25, 0.3) is 0 Å². The fourth-order valence-electron chi connectivity index (χ4n) is 1.89. The Balaban J connectivity index is 2.33. The van der Waals surface area contributed by atoms with Gasteiger partial charge >= 0.3 is 0 Å². The zero-order chi connectivity index (χ0) is 11.8. The highest BCUT2D eigenvalue weighted by atomic mass is 16.1. The van der Waals surface area contributed by atoms with Crippen molar-refractivity contribution in [2.75, 3.05) is 18.0 Å². The minimum absolute atomic E-state index is 0.121. The second-order valence-electron chi connectivity index (χ2n) is 5.27. The molecule has 1 aromatic rings. The average molecular weight is 222 g/mol. The second kappa shape index (κ2) is 3.88. The molecule has 1 fully saturated rings. The summed E-state index contributed by atoms with van der Waals surface area (Å²) in [6, 6.07) is 0. The van der Waals surface area contributed by atoms with Gasteiger partial charge in [0.2, 0.25) is 5.95 Å². The second-order valence-corrected chi connectivity index (χ2v) is 5.27. The third-order valence-corrected chi connectivity index (χ3v) is 2.80. The van der Waals surface area contributed by atoms with Crippen LogP contribution >= 0.6 is 0 Å². The largest absolute Gasteiger partial charge is 0.341 e. The van der Waals surface area contributed by atoms with Crippen molar-refractivity contribution in [3.05, 3.63) is 16.0 Å². The maximum atomic E-state index is 11.9. The van der Waals surface area contributed by atoms with Gasteiger partial charge < -0.3 is 4.90 Å². The van der Waals surface area contributed by atoms with E-state index in [0.717, 1.165) is 25.9 Å². The first-order valence-corrected chi connectivity index (χ1v) is 5.71. The number of nitrogens with zero attached hydrogens (tertiary/aromatic N) is 3. The Bertz CT molecular complexity index is 426. The van der Waals surface area contributed by atoms with E-state index in [1.54, 1.807) is 0 Å². The van der Waals surface area contributed by atoms with Gasteiger partial charge in [0.05, 0.1) is 0 Å². The molecule has 5 heteroatoms. The monoisotopic (exact) mass is 222 g/mol. The topological polar surface area (TPSA) is 61.9 Å². The van der Waals surface area contributed by atoms with Crippen molar-refractivity contribution in [2.45, 2.75) is 39.0 Å². The number of aromatic amines is 1. The molecule has 0 amide bonds. The highest BCUT2D eigenvalue weighted by Gasteiger charge is 2.22. The van der Waals surface area contributed by atoms with E-state index in [1.807, 2.05) is 20.8 Å². The third kappa shape index (κ3) is 2.08. The van der Waals surface area contributed by atoms with Crippen molar-refractivity contribution in [2.24, 2.45) is 0 Å². The quantitative estimate of drug-likeness (QED) is 0.772. The Morgan fingerprint density at radius 2 is 1.81 bits per heavy atom. The van der Waals surface area contributed by atoms with Crippen molar-refractivity contribution < 1.29 is 0 Å². The van der Waals surface area contributed by atoms with Crippen molar-refractivity contribution in [3.8, 4) is 0 Å². The SMILES string of the molecule is CC(C)(C)c1nnc(N2CCCC2)[nH]c1=O. The van der Waals surface area contributed by atoms with Crippen LogP contribution in [-0.2, 0) is 5.41 Å². The standard InChI is InChI=1S/C11H18N4O/c1-11(2,3)8-9(16)12-10(14-13-8)15-6-4-5-7-15/h4-7H2,1-3H3,(H,12,14,16). The molecule has 2 rings (SSSR count). The molecule has 1 aliphatic heterocycles. The lowest BCUT2D eigenvalue weighted by Gasteiger charge is -2.18. The fraction of sp³-hybridized carbons (Fsp3) is 0.727. The fourth-order valence-corrected chi connectivity index (χ4v) is 1.89. The number of hydrogen-bond donors (Lipinski definition) is 1. The molecule has 0 atom stereocenters. The summed E-state index contributed by atoms with van der Waals surface area (Å²) < 4.78 is 0. The number of hydrogen-bond acceptors (Lipinski definition) is 4. The number of nitrogens with one attached hydrogen (secondary N) is 1. The molecule has 1 N–H and O–H groups in total. The van der Waals surface area contributed by atoms with Crippen LogP contribution in [0.15, 0.2) is 4.79 Å². The van der Waals surface area contributed by atoms with Crippen molar-refractivity contribution in [3.63, 3.8) is 0 Å². The Labute approximate surface area is 94.9 Å². The zero-order valence-electron chi connectivity index (χ0n) is 10.1. The molecule has 1 aromatic heterocycles. The summed E-state index contributed by atoms with van der Waals surface area (Å²) in [6.45, 7) is 7.80. The molecular formula is C11H18N4O. The lowest BCUT2D eigenvalue weighted by Crippen LogP contribution is -2.31. The zero-order valence-corrected chi connectivity index (χ0v) is 10.1. The molecule has 0 unspecified atom stereocenters. The van der Waals surface area contributed by atoms with Crippen LogP contribution in [0.1, 0.15) is 39.3 Å². The average Bonchev–Trinajstić information content (AvgIpc) is 2.68. The van der Waals surface area contributed by atoms with Gasteiger partial charge in [-0.1, -0.05) is 20.8 Å². The number of aromatic nitrogens is 3. The lowest BCUT2D eigenvalue weighted by molar-refractivity contribution is 0.545. The molecule has 5 nitrogen and oxygen atoms in total. The number of H-pyrrole nitrogens is 1. The van der Waals surface area contributed by atoms with Crippen LogP contribution in [0.4, 0.5) is 5.95 Å². The lowest BCUT2D eigenvalue weighted by atomic mass is 9.93. The summed E-state index contributed by atoms with van der Waals surface area (Å²) in [5.41, 5.74) is 0.115. The van der Waals surface area contributed by atoms with E-state index in [-0.39, 0.29) is 11.0 Å². The predicted octanol–water partition coefficient (Wildman–Crippen LogP) is 1.06. The summed E-state index contributed by atoms with van der Waals surface area (Å²) in [5, 5.41) is 8.17. The smallest absolute Gasteiger partial charge is 0.274 e. The Hall–Kier alpha value is -1.39. The van der Waals surface area contributed by atoms with Gasteiger partial charge in [-0.05, 0) is 12.8 Å². The maximum absolute atomic E-state index is 11.9. The van der Waals surface area contributed by atoms with Crippen LogP contribution < -0.4 is 10.5 Å². The number of anilines is 1. The molecule has 0 bridgehead atoms. The van der Waals surface area contributed by atoms with Crippen molar-refractivity contribution in [1.82, 2.24) is 15.2 Å². The summed E-state index contributed by atoms with van der Waals surface area (Å²) in [5.74, 6) is 0.607. The molecule has 2 heterocycles. The first kappa shape index (κ1) is 11.1. The summed E-state index contributed by atoms with van der Waals surface area (Å²) in [6.07, 6.45) is 2.31. The molecule has 88 valence electrons. The first-order valence-electron chi connectivity index (χ1n) is 5.71. The van der Waals surface area contributed by atoms with Crippen molar-refractivity contribution in [1.29, 1.82) is 0 Å². The van der Waals surface area contributed by atoms with Crippen molar-refractivity contribution >= 4 is 5.95 Å². The van der Waals surface area contributed by atoms with Gasteiger partial charge in [0, 0.05) is 18.5 Å². The summed E-state index contributed by atoms with van der Waals surface area (Å²) in [7, 11) is 0. The Kier molecular flexibility index (Phi) is 2.69. The van der Waals surface area contributed by atoms with E-state index >= 15 is 0 Å². The summed E-state index contributed by atoms with van der Waals surface area (Å²) >= 11 is 0. The summed E-state index contributed by atoms with van der Waals surface area (Å²) in [4.78, 5) is 16.8. The minimum atomic E-state index is -0.260.